The van der Waals surface area contributed by atoms with Gasteiger partial charge in [-0.1, -0.05) is 48.5 Å². The van der Waals surface area contributed by atoms with Crippen molar-refractivity contribution >= 4 is 17.5 Å². The first kappa shape index (κ1) is 23.5. The molecule has 7 nitrogen and oxygen atoms in total. The maximum Gasteiger partial charge on any atom is 0.250 e. The number of amides is 2. The van der Waals surface area contributed by atoms with Crippen molar-refractivity contribution < 1.29 is 9.59 Å². The van der Waals surface area contributed by atoms with E-state index in [0.717, 1.165) is 16.8 Å². The molecule has 0 bridgehead atoms. The highest BCUT2D eigenvalue weighted by molar-refractivity contribution is 5.95. The minimum Gasteiger partial charge on any atom is -0.352 e. The quantitative estimate of drug-likeness (QED) is 0.521. The summed E-state index contributed by atoms with van der Waals surface area (Å²) in [5.74, 6) is -0.399. The van der Waals surface area contributed by atoms with Crippen LogP contribution in [0.3, 0.4) is 0 Å². The van der Waals surface area contributed by atoms with E-state index in [1.807, 2.05) is 60.7 Å². The molecule has 3 rings (SSSR count). The molecule has 168 valence electrons. The number of carbonyl (C=O) groups excluding carboxylic acids is 2. The third kappa shape index (κ3) is 7.18. The van der Waals surface area contributed by atoms with E-state index in [4.69, 9.17) is 5.26 Å². The number of rotatable bonds is 10. The first-order chi connectivity index (χ1) is 16.1. The fourth-order valence-corrected chi connectivity index (χ4v) is 3.36. The lowest BCUT2D eigenvalue weighted by molar-refractivity contribution is -0.125. The second kappa shape index (κ2) is 12.0. The van der Waals surface area contributed by atoms with Crippen molar-refractivity contribution in [2.45, 2.75) is 32.4 Å². The molecule has 0 aliphatic rings. The summed E-state index contributed by atoms with van der Waals surface area (Å²) < 4.78 is 1.63. The highest BCUT2D eigenvalue weighted by Gasteiger charge is 2.16. The van der Waals surface area contributed by atoms with Gasteiger partial charge < -0.3 is 14.8 Å². The minimum atomic E-state index is -0.212. The summed E-state index contributed by atoms with van der Waals surface area (Å²) in [4.78, 5) is 38.3. The smallest absolute Gasteiger partial charge is 0.250 e. The van der Waals surface area contributed by atoms with Gasteiger partial charge in [0.05, 0.1) is 19.0 Å². The molecule has 0 saturated carbocycles. The summed E-state index contributed by atoms with van der Waals surface area (Å²) in [7, 11) is 0. The molecular formula is C26H26N4O3. The van der Waals surface area contributed by atoms with Gasteiger partial charge in [0.1, 0.15) is 0 Å². The number of anilines is 1. The van der Waals surface area contributed by atoms with E-state index in [0.29, 0.717) is 19.6 Å². The standard InChI is InChI=1S/C26H26N4O3/c27-16-6-18-30(23-7-2-1-3-8-23)26(33)15-14-24(31)28-19-21-10-12-22(13-11-21)20-29-17-5-4-9-25(29)32/h1-5,7-13,17H,6,14-15,18-20H2,(H,28,31). The van der Waals surface area contributed by atoms with Gasteiger partial charge in [-0.15, -0.1) is 0 Å². The van der Waals surface area contributed by atoms with Crippen LogP contribution in [0.15, 0.2) is 83.8 Å². The Balaban J connectivity index is 1.47. The first-order valence-corrected chi connectivity index (χ1v) is 10.8. The van der Waals surface area contributed by atoms with E-state index in [1.165, 1.54) is 6.07 Å². The van der Waals surface area contributed by atoms with Crippen LogP contribution in [0.5, 0.6) is 0 Å². The lowest BCUT2D eigenvalue weighted by Crippen LogP contribution is -2.33. The number of para-hydroxylation sites is 1. The Hall–Kier alpha value is -4.18. The molecule has 3 aromatic rings. The van der Waals surface area contributed by atoms with Gasteiger partial charge >= 0.3 is 0 Å². The van der Waals surface area contributed by atoms with Crippen LogP contribution in [-0.2, 0) is 22.7 Å². The molecule has 0 fully saturated rings. The summed E-state index contributed by atoms with van der Waals surface area (Å²) in [6.07, 6.45) is 2.11. The Morgan fingerprint density at radius 1 is 0.909 bits per heavy atom. The molecule has 0 radical (unpaired) electrons. The number of carbonyl (C=O) groups is 2. The molecule has 0 saturated heterocycles. The number of benzene rings is 2. The van der Waals surface area contributed by atoms with Gasteiger partial charge in [0.15, 0.2) is 0 Å². The van der Waals surface area contributed by atoms with Crippen LogP contribution in [0.25, 0.3) is 0 Å². The molecule has 1 N–H and O–H groups in total. The average molecular weight is 443 g/mol. The van der Waals surface area contributed by atoms with Crippen LogP contribution in [0.1, 0.15) is 30.4 Å². The van der Waals surface area contributed by atoms with Crippen LogP contribution < -0.4 is 15.8 Å². The summed E-state index contributed by atoms with van der Waals surface area (Å²) in [6.45, 7) is 1.13. The number of hydrogen-bond acceptors (Lipinski definition) is 4. The molecule has 2 amide bonds. The first-order valence-electron chi connectivity index (χ1n) is 10.8. The largest absolute Gasteiger partial charge is 0.352 e. The monoisotopic (exact) mass is 442 g/mol. The second-order valence-corrected chi connectivity index (χ2v) is 7.55. The van der Waals surface area contributed by atoms with Gasteiger partial charge in [-0.25, -0.2) is 0 Å². The number of nitrogens with one attached hydrogen (secondary N) is 1. The Morgan fingerprint density at radius 3 is 2.30 bits per heavy atom. The molecule has 33 heavy (non-hydrogen) atoms. The van der Waals surface area contributed by atoms with Crippen molar-refractivity contribution in [1.82, 2.24) is 9.88 Å². The number of aromatic nitrogens is 1. The molecular weight excluding hydrogens is 416 g/mol. The maximum atomic E-state index is 12.7. The average Bonchev–Trinajstić information content (AvgIpc) is 2.84. The topological polar surface area (TPSA) is 95.2 Å². The Morgan fingerprint density at radius 2 is 1.61 bits per heavy atom. The number of nitriles is 1. The lowest BCUT2D eigenvalue weighted by atomic mass is 10.1. The van der Waals surface area contributed by atoms with E-state index in [-0.39, 0.29) is 36.6 Å². The van der Waals surface area contributed by atoms with Gasteiger partial charge in [0, 0.05) is 43.9 Å². The predicted molar refractivity (Wildman–Crippen MR) is 126 cm³/mol. The highest BCUT2D eigenvalue weighted by Crippen LogP contribution is 2.15. The highest BCUT2D eigenvalue weighted by atomic mass is 16.2. The molecule has 1 heterocycles. The normalized spacial score (nSPS) is 10.3. The Kier molecular flexibility index (Phi) is 8.55. The van der Waals surface area contributed by atoms with Gasteiger partial charge in [0.2, 0.25) is 11.8 Å². The van der Waals surface area contributed by atoms with Gasteiger partial charge in [-0.05, 0) is 29.3 Å². The number of pyridine rings is 1. The van der Waals surface area contributed by atoms with Gasteiger partial charge in [-0.3, -0.25) is 14.4 Å². The van der Waals surface area contributed by atoms with E-state index >= 15 is 0 Å². The van der Waals surface area contributed by atoms with Crippen molar-refractivity contribution in [1.29, 1.82) is 5.26 Å². The molecule has 0 unspecified atom stereocenters. The molecule has 2 aromatic carbocycles. The van der Waals surface area contributed by atoms with E-state index in [2.05, 4.69) is 11.4 Å². The van der Waals surface area contributed by atoms with Crippen molar-refractivity contribution in [2.24, 2.45) is 0 Å². The Bertz CT molecular complexity index is 1160. The molecule has 0 spiro atoms. The van der Waals surface area contributed by atoms with Crippen LogP contribution in [0.4, 0.5) is 5.69 Å². The minimum absolute atomic E-state index is 0.0539. The third-order valence-electron chi connectivity index (χ3n) is 5.15. The zero-order valence-electron chi connectivity index (χ0n) is 18.3. The van der Waals surface area contributed by atoms with Gasteiger partial charge in [0.25, 0.3) is 5.56 Å². The van der Waals surface area contributed by atoms with Crippen LogP contribution >= 0.6 is 0 Å². The SMILES string of the molecule is N#CCCN(C(=O)CCC(=O)NCc1ccc(Cn2ccccc2=O)cc1)c1ccccc1. The number of nitrogens with zero attached hydrogens (tertiary/aromatic N) is 3. The molecule has 0 aliphatic heterocycles. The van der Waals surface area contributed by atoms with E-state index in [9.17, 15) is 14.4 Å². The maximum absolute atomic E-state index is 12.7. The summed E-state index contributed by atoms with van der Waals surface area (Å²) >= 11 is 0. The third-order valence-corrected chi connectivity index (χ3v) is 5.15. The summed E-state index contributed by atoms with van der Waals surface area (Å²) in [5, 5.41) is 11.7. The van der Waals surface area contributed by atoms with E-state index < -0.39 is 0 Å². The zero-order chi connectivity index (χ0) is 23.5. The fourth-order valence-electron chi connectivity index (χ4n) is 3.36. The summed E-state index contributed by atoms with van der Waals surface area (Å²) in [6, 6.07) is 23.9. The van der Waals surface area contributed by atoms with E-state index in [1.54, 1.807) is 21.7 Å². The molecule has 0 aliphatic carbocycles. The van der Waals surface area contributed by atoms with Crippen molar-refractivity contribution in [3.05, 3.63) is 100 Å². The van der Waals surface area contributed by atoms with Gasteiger partial charge in [-0.2, -0.15) is 5.26 Å². The Labute approximate surface area is 192 Å². The van der Waals surface area contributed by atoms with Crippen LogP contribution in [0, 0.1) is 11.3 Å². The molecule has 7 heteroatoms. The second-order valence-electron chi connectivity index (χ2n) is 7.55. The summed E-state index contributed by atoms with van der Waals surface area (Å²) in [5.41, 5.74) is 2.58. The molecule has 1 aromatic heterocycles. The van der Waals surface area contributed by atoms with Crippen molar-refractivity contribution in [3.63, 3.8) is 0 Å². The fraction of sp³-hybridized carbons (Fsp3) is 0.231. The number of hydrogen-bond donors (Lipinski definition) is 1. The zero-order valence-corrected chi connectivity index (χ0v) is 18.3. The van der Waals surface area contributed by atoms with Crippen LogP contribution in [0.2, 0.25) is 0 Å². The van der Waals surface area contributed by atoms with Crippen molar-refractivity contribution in [2.75, 3.05) is 11.4 Å². The molecule has 0 atom stereocenters. The van der Waals surface area contributed by atoms with Crippen molar-refractivity contribution in [3.8, 4) is 6.07 Å². The van der Waals surface area contributed by atoms with Crippen LogP contribution in [-0.4, -0.2) is 22.9 Å². The lowest BCUT2D eigenvalue weighted by Gasteiger charge is -2.21. The predicted octanol–water partition coefficient (Wildman–Crippen LogP) is 3.24.